The average molecular weight is 716 g/mol. The van der Waals surface area contributed by atoms with E-state index in [1.807, 2.05) is 60.7 Å². The van der Waals surface area contributed by atoms with Crippen LogP contribution in [0.3, 0.4) is 0 Å². The van der Waals surface area contributed by atoms with Crippen molar-refractivity contribution in [3.8, 4) is 39.4 Å². The number of hydrogen-bond donors (Lipinski definition) is 4. The lowest BCUT2D eigenvalue weighted by Crippen LogP contribution is -2.56. The molecule has 1 amide bonds. The topological polar surface area (TPSA) is 139 Å². The zero-order valence-electron chi connectivity index (χ0n) is 27.3. The molecule has 2 aromatic carbocycles. The van der Waals surface area contributed by atoms with Gasteiger partial charge in [0.15, 0.2) is 0 Å². The van der Waals surface area contributed by atoms with Gasteiger partial charge in [-0.25, -0.2) is 9.97 Å². The SMILES string of the molecule is COc1nc(-c2cccc(-c3cccc(-c4ccn5c(=O)c(CNCC6(O)COC6)cnc5c4)c3Cl)c2Cl)ccc1CNC[C@@H]1CCC(=O)N1. The first-order valence-corrected chi connectivity index (χ1v) is 17.1. The molecule has 2 saturated heterocycles. The van der Waals surface area contributed by atoms with Crippen LogP contribution in [0.25, 0.3) is 39.2 Å². The van der Waals surface area contributed by atoms with E-state index in [0.717, 1.165) is 39.8 Å². The number of rotatable bonds is 12. The first-order chi connectivity index (χ1) is 24.2. The minimum atomic E-state index is -0.889. The van der Waals surface area contributed by atoms with Crippen LogP contribution in [0.15, 0.2) is 77.9 Å². The summed E-state index contributed by atoms with van der Waals surface area (Å²) < 4.78 is 12.2. The van der Waals surface area contributed by atoms with Gasteiger partial charge in [0.05, 0.1) is 36.1 Å². The number of amides is 1. The Morgan fingerprint density at radius 1 is 0.980 bits per heavy atom. The van der Waals surface area contributed by atoms with Crippen LogP contribution >= 0.6 is 23.2 Å². The summed E-state index contributed by atoms with van der Waals surface area (Å²) in [6.07, 6.45) is 4.64. The zero-order valence-corrected chi connectivity index (χ0v) is 28.9. The molecule has 7 rings (SSSR count). The summed E-state index contributed by atoms with van der Waals surface area (Å²) in [6, 6.07) is 19.2. The summed E-state index contributed by atoms with van der Waals surface area (Å²) in [5.74, 6) is 0.579. The molecule has 4 N–H and O–H groups in total. The highest BCUT2D eigenvalue weighted by molar-refractivity contribution is 6.39. The van der Waals surface area contributed by atoms with Crippen molar-refractivity contribution in [1.29, 1.82) is 0 Å². The van der Waals surface area contributed by atoms with Crippen molar-refractivity contribution >= 4 is 34.8 Å². The maximum atomic E-state index is 13.2. The Balaban J connectivity index is 1.12. The molecule has 11 nitrogen and oxygen atoms in total. The van der Waals surface area contributed by atoms with Gasteiger partial charge in [-0.15, -0.1) is 0 Å². The summed E-state index contributed by atoms with van der Waals surface area (Å²) in [6.45, 7) is 2.37. The smallest absolute Gasteiger partial charge is 0.262 e. The van der Waals surface area contributed by atoms with Crippen LogP contribution in [-0.4, -0.2) is 70.4 Å². The van der Waals surface area contributed by atoms with Gasteiger partial charge in [0, 0.05) is 84.4 Å². The molecule has 2 aliphatic rings. The first-order valence-electron chi connectivity index (χ1n) is 16.4. The summed E-state index contributed by atoms with van der Waals surface area (Å²) in [7, 11) is 1.59. The monoisotopic (exact) mass is 714 g/mol. The lowest BCUT2D eigenvalue weighted by molar-refractivity contribution is -0.174. The molecule has 0 spiro atoms. The standard InChI is InChI=1S/C37H36Cl2N6O5/c1-49-35-23(15-40-18-25-9-11-32(46)43-25)8-10-30(44-35)29-7-3-6-28(34(29)39)27-5-2-4-26(33(27)38)22-12-13-45-31(14-22)42-17-24(36(45)47)16-41-19-37(48)20-50-21-37/h2-8,10,12-14,17,25,40-41,48H,9,11,15-16,18-21H2,1H3,(H,43,46)/t25-/m0/s1. The number of fused-ring (bicyclic) bond motifs is 1. The number of nitrogens with one attached hydrogen (secondary N) is 3. The second-order valence-corrected chi connectivity index (χ2v) is 13.4. The molecule has 1 atom stereocenters. The Kier molecular flexibility index (Phi) is 9.87. The number of carbonyl (C=O) groups is 1. The molecule has 13 heteroatoms. The van der Waals surface area contributed by atoms with Gasteiger partial charge in [-0.1, -0.05) is 65.7 Å². The van der Waals surface area contributed by atoms with E-state index in [1.54, 1.807) is 19.5 Å². The molecule has 2 fully saturated rings. The third-order valence-electron chi connectivity index (χ3n) is 9.09. The highest BCUT2D eigenvalue weighted by atomic mass is 35.5. The Hall–Kier alpha value is -4.36. The van der Waals surface area contributed by atoms with Crippen LogP contribution in [0.5, 0.6) is 5.88 Å². The molecular formula is C37H36Cl2N6O5. The molecule has 50 heavy (non-hydrogen) atoms. The van der Waals surface area contributed by atoms with Gasteiger partial charge in [0.2, 0.25) is 11.8 Å². The Bertz CT molecular complexity index is 2140. The van der Waals surface area contributed by atoms with Crippen LogP contribution in [0.4, 0.5) is 0 Å². The number of benzene rings is 2. The second kappa shape index (κ2) is 14.5. The van der Waals surface area contributed by atoms with Gasteiger partial charge in [-0.05, 0) is 30.2 Å². The predicted molar refractivity (Wildman–Crippen MR) is 192 cm³/mol. The van der Waals surface area contributed by atoms with E-state index in [4.69, 9.17) is 37.7 Å². The van der Waals surface area contributed by atoms with Crippen molar-refractivity contribution < 1.29 is 19.4 Å². The predicted octanol–water partition coefficient (Wildman–Crippen LogP) is 4.63. The number of aromatic nitrogens is 3. The van der Waals surface area contributed by atoms with Gasteiger partial charge in [-0.3, -0.25) is 14.0 Å². The number of nitrogens with zero attached hydrogens (tertiary/aromatic N) is 3. The van der Waals surface area contributed by atoms with E-state index < -0.39 is 5.60 Å². The van der Waals surface area contributed by atoms with Crippen LogP contribution in [0.1, 0.15) is 24.0 Å². The minimum Gasteiger partial charge on any atom is -0.481 e. The molecule has 0 radical (unpaired) electrons. The van der Waals surface area contributed by atoms with Crippen molar-refractivity contribution in [3.63, 3.8) is 0 Å². The molecule has 0 unspecified atom stereocenters. The van der Waals surface area contributed by atoms with Crippen molar-refractivity contribution in [2.24, 2.45) is 0 Å². The van der Waals surface area contributed by atoms with Crippen molar-refractivity contribution in [3.05, 3.63) is 105 Å². The van der Waals surface area contributed by atoms with Crippen molar-refractivity contribution in [1.82, 2.24) is 30.3 Å². The third-order valence-corrected chi connectivity index (χ3v) is 9.90. The van der Waals surface area contributed by atoms with Gasteiger partial charge in [0.25, 0.3) is 5.56 Å². The van der Waals surface area contributed by atoms with Gasteiger partial charge in [0.1, 0.15) is 11.2 Å². The quantitative estimate of drug-likeness (QED) is 0.146. The van der Waals surface area contributed by atoms with Crippen LogP contribution < -0.4 is 26.2 Å². The number of carbonyl (C=O) groups excluding carboxylic acids is 1. The maximum absolute atomic E-state index is 13.2. The van der Waals surface area contributed by atoms with Crippen LogP contribution in [0, 0.1) is 0 Å². The molecule has 3 aromatic heterocycles. The second-order valence-electron chi connectivity index (χ2n) is 12.7. The van der Waals surface area contributed by atoms with E-state index in [2.05, 4.69) is 20.9 Å². The van der Waals surface area contributed by atoms with Crippen molar-refractivity contribution in [2.75, 3.05) is 33.4 Å². The summed E-state index contributed by atoms with van der Waals surface area (Å²) in [5, 5.41) is 20.7. The molecule has 5 aromatic rings. The van der Waals surface area contributed by atoms with E-state index in [-0.39, 0.29) is 37.3 Å². The molecule has 2 aliphatic heterocycles. The molecular weight excluding hydrogens is 679 g/mol. The number of ether oxygens (including phenoxy) is 2. The molecule has 5 heterocycles. The number of aliphatic hydroxyl groups is 1. The van der Waals surface area contributed by atoms with Gasteiger partial charge < -0.3 is 30.5 Å². The van der Waals surface area contributed by atoms with E-state index in [1.165, 1.54) is 4.40 Å². The Labute approximate surface area is 298 Å². The Morgan fingerprint density at radius 3 is 2.40 bits per heavy atom. The summed E-state index contributed by atoms with van der Waals surface area (Å²) in [4.78, 5) is 34.0. The number of pyridine rings is 2. The normalized spacial score (nSPS) is 16.7. The molecule has 0 aliphatic carbocycles. The number of halogens is 2. The number of methoxy groups -OCH3 is 1. The fraction of sp³-hybridized carbons (Fsp3) is 0.297. The van der Waals surface area contributed by atoms with Crippen LogP contribution in [-0.2, 0) is 22.6 Å². The van der Waals surface area contributed by atoms with E-state index >= 15 is 0 Å². The fourth-order valence-corrected chi connectivity index (χ4v) is 6.98. The highest BCUT2D eigenvalue weighted by Crippen LogP contribution is 2.42. The lowest BCUT2D eigenvalue weighted by atomic mass is 9.97. The fourth-order valence-electron chi connectivity index (χ4n) is 6.31. The summed E-state index contributed by atoms with van der Waals surface area (Å²) >= 11 is 14.2. The summed E-state index contributed by atoms with van der Waals surface area (Å²) in [5.41, 5.74) is 5.20. The van der Waals surface area contributed by atoms with E-state index in [0.29, 0.717) is 58.9 Å². The molecule has 0 bridgehead atoms. The van der Waals surface area contributed by atoms with Gasteiger partial charge >= 0.3 is 0 Å². The van der Waals surface area contributed by atoms with Gasteiger partial charge in [-0.2, -0.15) is 0 Å². The average Bonchev–Trinajstić information content (AvgIpc) is 3.53. The number of hydrogen-bond acceptors (Lipinski definition) is 9. The minimum absolute atomic E-state index is 0.0912. The van der Waals surface area contributed by atoms with Crippen LogP contribution in [0.2, 0.25) is 10.0 Å². The first kappa shape index (κ1) is 34.1. The zero-order chi connectivity index (χ0) is 34.8. The Morgan fingerprint density at radius 2 is 1.70 bits per heavy atom. The molecule has 0 saturated carbocycles. The van der Waals surface area contributed by atoms with Crippen molar-refractivity contribution in [2.45, 2.75) is 37.6 Å². The largest absolute Gasteiger partial charge is 0.481 e. The molecule has 258 valence electrons. The third kappa shape index (κ3) is 6.98. The highest BCUT2D eigenvalue weighted by Gasteiger charge is 2.35. The van der Waals surface area contributed by atoms with E-state index in [9.17, 15) is 14.7 Å². The maximum Gasteiger partial charge on any atom is 0.262 e. The lowest BCUT2D eigenvalue weighted by Gasteiger charge is -2.36.